The summed E-state index contributed by atoms with van der Waals surface area (Å²) >= 11 is 1.60. The summed E-state index contributed by atoms with van der Waals surface area (Å²) in [5.41, 5.74) is 1.10. The predicted octanol–water partition coefficient (Wildman–Crippen LogP) is 3.04. The van der Waals surface area contributed by atoms with Gasteiger partial charge in [-0.1, -0.05) is 48.6 Å². The van der Waals surface area contributed by atoms with Crippen LogP contribution in [0.15, 0.2) is 30.3 Å². The van der Waals surface area contributed by atoms with Crippen LogP contribution in [0, 0.1) is 5.92 Å². The summed E-state index contributed by atoms with van der Waals surface area (Å²) in [4.78, 5) is 25.7. The summed E-state index contributed by atoms with van der Waals surface area (Å²) in [6.45, 7) is 6.82. The van der Waals surface area contributed by atoms with Gasteiger partial charge in [-0.2, -0.15) is 0 Å². The van der Waals surface area contributed by atoms with Gasteiger partial charge < -0.3 is 20.2 Å². The Morgan fingerprint density at radius 3 is 2.39 bits per heavy atom. The second-order valence-corrected chi connectivity index (χ2v) is 8.81. The predicted molar refractivity (Wildman–Crippen MR) is 122 cm³/mol. The van der Waals surface area contributed by atoms with E-state index in [2.05, 4.69) is 44.4 Å². The molecule has 0 atom stereocenters. The van der Waals surface area contributed by atoms with E-state index in [9.17, 15) is 4.79 Å². The van der Waals surface area contributed by atoms with E-state index >= 15 is 0 Å². The topological polar surface area (TPSA) is 98.7 Å². The van der Waals surface area contributed by atoms with Crippen molar-refractivity contribution in [2.24, 2.45) is 5.92 Å². The lowest BCUT2D eigenvalue weighted by Crippen LogP contribution is -2.50. The summed E-state index contributed by atoms with van der Waals surface area (Å²) in [7, 11) is 0. The zero-order valence-electron chi connectivity index (χ0n) is 17.9. The van der Waals surface area contributed by atoms with Crippen molar-refractivity contribution in [3.63, 3.8) is 0 Å². The first-order valence-corrected chi connectivity index (χ1v) is 11.7. The highest BCUT2D eigenvalue weighted by Crippen LogP contribution is 2.31. The summed E-state index contributed by atoms with van der Waals surface area (Å²) in [5, 5.41) is 20.9. The van der Waals surface area contributed by atoms with Crippen LogP contribution in [0.4, 0.5) is 5.13 Å². The molecule has 0 radical (unpaired) electrons. The maximum Gasteiger partial charge on any atom is 0.290 e. The number of rotatable bonds is 5. The van der Waals surface area contributed by atoms with Gasteiger partial charge in [-0.05, 0) is 32.2 Å². The quantitative estimate of drug-likeness (QED) is 0.683. The number of benzene rings is 1. The zero-order valence-corrected chi connectivity index (χ0v) is 18.8. The Kier molecular flexibility index (Phi) is 8.78. The first-order valence-electron chi connectivity index (χ1n) is 10.9. The third-order valence-corrected chi connectivity index (χ3v) is 6.88. The summed E-state index contributed by atoms with van der Waals surface area (Å²) in [6.07, 6.45) is 3.97. The lowest BCUT2D eigenvalue weighted by atomic mass is 9.85. The van der Waals surface area contributed by atoms with Gasteiger partial charge in [0.1, 0.15) is 5.01 Å². The molecule has 0 bridgehead atoms. The standard InChI is InChI=1S/C21H29N5OS.CH2O2/c1-2-25-12-14-26(15-13-25)20(27)17-8-10-18(11-9-17)22-21-24-23-19(28-21)16-6-4-3-5-7-16;2-1-3/h3-7,17-18H,2,8-15H2,1H3,(H,22,24);1H,(H,2,3). The molecule has 2 aromatic rings. The van der Waals surface area contributed by atoms with Gasteiger partial charge in [0, 0.05) is 43.7 Å². The van der Waals surface area contributed by atoms with Crippen LogP contribution >= 0.6 is 11.3 Å². The molecule has 168 valence electrons. The normalized spacial score (nSPS) is 21.6. The Balaban J connectivity index is 0.000000858. The summed E-state index contributed by atoms with van der Waals surface area (Å²) in [5.74, 6) is 0.567. The molecular formula is C22H31N5O3S. The number of anilines is 1. The molecule has 31 heavy (non-hydrogen) atoms. The summed E-state index contributed by atoms with van der Waals surface area (Å²) < 4.78 is 0. The SMILES string of the molecule is CCN1CCN(C(=O)C2CCC(Nc3nnc(-c4ccccc4)s3)CC2)CC1.O=CO. The van der Waals surface area contributed by atoms with Gasteiger partial charge in [-0.25, -0.2) is 0 Å². The Bertz CT molecular complexity index is 816. The van der Waals surface area contributed by atoms with E-state index in [1.165, 1.54) is 0 Å². The van der Waals surface area contributed by atoms with E-state index in [0.717, 1.165) is 74.1 Å². The van der Waals surface area contributed by atoms with Gasteiger partial charge in [0.2, 0.25) is 11.0 Å². The maximum absolute atomic E-state index is 12.8. The number of nitrogens with one attached hydrogen (secondary N) is 1. The van der Waals surface area contributed by atoms with Crippen molar-refractivity contribution in [2.75, 3.05) is 38.0 Å². The van der Waals surface area contributed by atoms with Crippen molar-refractivity contribution < 1.29 is 14.7 Å². The molecule has 4 rings (SSSR count). The average Bonchev–Trinajstić information content (AvgIpc) is 3.29. The van der Waals surface area contributed by atoms with Gasteiger partial charge in [0.15, 0.2) is 0 Å². The highest BCUT2D eigenvalue weighted by atomic mass is 32.1. The molecule has 1 aliphatic carbocycles. The van der Waals surface area contributed by atoms with Crippen molar-refractivity contribution in [3.05, 3.63) is 30.3 Å². The molecule has 1 aromatic heterocycles. The lowest BCUT2D eigenvalue weighted by molar-refractivity contribution is -0.138. The average molecular weight is 446 g/mol. The van der Waals surface area contributed by atoms with Crippen LogP contribution in [-0.4, -0.2) is 76.2 Å². The smallest absolute Gasteiger partial charge is 0.290 e. The van der Waals surface area contributed by atoms with Crippen LogP contribution in [0.25, 0.3) is 10.6 Å². The maximum atomic E-state index is 12.8. The number of aromatic nitrogens is 2. The number of hydrogen-bond acceptors (Lipinski definition) is 7. The number of nitrogens with zero attached hydrogens (tertiary/aromatic N) is 4. The molecule has 0 unspecified atom stereocenters. The van der Waals surface area contributed by atoms with E-state index in [4.69, 9.17) is 9.90 Å². The first kappa shape index (κ1) is 23.1. The van der Waals surface area contributed by atoms with E-state index in [1.54, 1.807) is 11.3 Å². The minimum absolute atomic E-state index is 0.195. The van der Waals surface area contributed by atoms with E-state index in [0.29, 0.717) is 11.9 Å². The fraction of sp³-hybridized carbons (Fsp3) is 0.545. The number of amides is 1. The molecule has 8 nitrogen and oxygen atoms in total. The third-order valence-electron chi connectivity index (χ3n) is 5.98. The van der Waals surface area contributed by atoms with Crippen molar-refractivity contribution in [1.29, 1.82) is 0 Å². The Morgan fingerprint density at radius 1 is 1.13 bits per heavy atom. The molecule has 9 heteroatoms. The fourth-order valence-electron chi connectivity index (χ4n) is 4.18. The number of carbonyl (C=O) groups excluding carboxylic acids is 1. The van der Waals surface area contributed by atoms with Crippen LogP contribution in [0.5, 0.6) is 0 Å². The van der Waals surface area contributed by atoms with Crippen molar-refractivity contribution in [2.45, 2.75) is 38.6 Å². The third kappa shape index (κ3) is 6.48. The highest BCUT2D eigenvalue weighted by Gasteiger charge is 2.31. The molecule has 2 N–H and O–H groups in total. The second kappa shape index (κ2) is 11.8. The molecule has 1 aromatic carbocycles. The van der Waals surface area contributed by atoms with Crippen molar-refractivity contribution in [1.82, 2.24) is 20.0 Å². The van der Waals surface area contributed by atoms with Gasteiger partial charge in [0.25, 0.3) is 6.47 Å². The number of carbonyl (C=O) groups is 2. The highest BCUT2D eigenvalue weighted by molar-refractivity contribution is 7.18. The van der Waals surface area contributed by atoms with Crippen LogP contribution in [0.1, 0.15) is 32.6 Å². The summed E-state index contributed by atoms with van der Waals surface area (Å²) in [6, 6.07) is 10.5. The van der Waals surface area contributed by atoms with Gasteiger partial charge in [-0.15, -0.1) is 10.2 Å². The second-order valence-electron chi connectivity index (χ2n) is 7.84. The number of likely N-dealkylation sites (N-methyl/N-ethyl adjacent to an activating group) is 1. The molecule has 1 saturated carbocycles. The van der Waals surface area contributed by atoms with Gasteiger partial charge in [-0.3, -0.25) is 9.59 Å². The van der Waals surface area contributed by atoms with Crippen molar-refractivity contribution >= 4 is 28.8 Å². The van der Waals surface area contributed by atoms with Crippen LogP contribution in [0.3, 0.4) is 0 Å². The monoisotopic (exact) mass is 445 g/mol. The minimum Gasteiger partial charge on any atom is -0.483 e. The van der Waals surface area contributed by atoms with E-state index in [-0.39, 0.29) is 12.4 Å². The van der Waals surface area contributed by atoms with E-state index in [1.807, 2.05) is 18.2 Å². The van der Waals surface area contributed by atoms with Crippen LogP contribution in [-0.2, 0) is 9.59 Å². The number of carboxylic acid groups (broad SMARTS) is 1. The lowest BCUT2D eigenvalue weighted by Gasteiger charge is -2.37. The Hall–Kier alpha value is -2.52. The first-order chi connectivity index (χ1) is 15.1. The zero-order chi connectivity index (χ0) is 22.1. The van der Waals surface area contributed by atoms with Gasteiger partial charge in [0.05, 0.1) is 0 Å². The Morgan fingerprint density at radius 2 is 1.77 bits per heavy atom. The molecule has 1 amide bonds. The molecule has 0 spiro atoms. The van der Waals surface area contributed by atoms with Crippen LogP contribution in [0.2, 0.25) is 0 Å². The molecule has 1 aliphatic heterocycles. The molecule has 2 fully saturated rings. The number of hydrogen-bond donors (Lipinski definition) is 2. The molecule has 2 aliphatic rings. The number of piperazine rings is 1. The molecular weight excluding hydrogens is 414 g/mol. The Labute approximate surface area is 187 Å². The minimum atomic E-state index is -0.250. The van der Waals surface area contributed by atoms with Crippen molar-refractivity contribution in [3.8, 4) is 10.6 Å². The largest absolute Gasteiger partial charge is 0.483 e. The van der Waals surface area contributed by atoms with E-state index < -0.39 is 0 Å². The van der Waals surface area contributed by atoms with Crippen LogP contribution < -0.4 is 5.32 Å². The molecule has 2 heterocycles. The fourth-order valence-corrected chi connectivity index (χ4v) is 5.01. The van der Waals surface area contributed by atoms with Gasteiger partial charge >= 0.3 is 0 Å². The molecule has 1 saturated heterocycles.